The summed E-state index contributed by atoms with van der Waals surface area (Å²) in [5.41, 5.74) is 2.71. The Bertz CT molecular complexity index is 1260. The molecule has 0 atom stereocenters. The van der Waals surface area contributed by atoms with E-state index in [4.69, 9.17) is 4.74 Å². The maximum atomic E-state index is 13.1. The Kier molecular flexibility index (Phi) is 7.12. The SMILES string of the molecule is CC1(C)CC(CC(=O)c2ccc(Oc3cccc(-c4cccnc4)c3C#N)c(Br)c2)CC(C)(C)N1. The number of rotatable bonds is 6. The first kappa shape index (κ1) is 25.1. The van der Waals surface area contributed by atoms with Crippen LogP contribution in [0.1, 0.15) is 62.9 Å². The lowest BCUT2D eigenvalue weighted by molar-refractivity contribution is 0.0864. The first-order valence-electron chi connectivity index (χ1n) is 11.8. The molecule has 0 radical (unpaired) electrons. The van der Waals surface area contributed by atoms with Gasteiger partial charge in [0, 0.05) is 46.6 Å². The van der Waals surface area contributed by atoms with Crippen molar-refractivity contribution < 1.29 is 9.53 Å². The van der Waals surface area contributed by atoms with Gasteiger partial charge in [-0.1, -0.05) is 18.2 Å². The minimum absolute atomic E-state index is 0.00771. The molecule has 1 aliphatic heterocycles. The van der Waals surface area contributed by atoms with Crippen molar-refractivity contribution in [1.29, 1.82) is 5.26 Å². The highest BCUT2D eigenvalue weighted by Crippen LogP contribution is 2.38. The van der Waals surface area contributed by atoms with E-state index in [1.807, 2.05) is 30.3 Å². The molecule has 180 valence electrons. The number of nitrogens with zero attached hydrogens (tertiary/aromatic N) is 2. The second-order valence-electron chi connectivity index (χ2n) is 10.6. The van der Waals surface area contributed by atoms with E-state index >= 15 is 0 Å². The van der Waals surface area contributed by atoms with Crippen LogP contribution in [-0.2, 0) is 0 Å². The van der Waals surface area contributed by atoms with E-state index in [1.54, 1.807) is 30.6 Å². The van der Waals surface area contributed by atoms with Crippen LogP contribution in [-0.4, -0.2) is 21.8 Å². The van der Waals surface area contributed by atoms with Crippen LogP contribution < -0.4 is 10.1 Å². The average molecular weight is 532 g/mol. The Morgan fingerprint density at radius 2 is 1.86 bits per heavy atom. The number of benzene rings is 2. The number of nitrogens with one attached hydrogen (secondary N) is 1. The molecule has 4 rings (SSSR count). The van der Waals surface area contributed by atoms with Crippen molar-refractivity contribution in [2.45, 2.75) is 58.0 Å². The van der Waals surface area contributed by atoms with Gasteiger partial charge in [0.1, 0.15) is 23.1 Å². The maximum absolute atomic E-state index is 13.1. The van der Waals surface area contributed by atoms with E-state index in [0.717, 1.165) is 24.0 Å². The number of hydrogen-bond acceptors (Lipinski definition) is 5. The van der Waals surface area contributed by atoms with Crippen molar-refractivity contribution in [1.82, 2.24) is 10.3 Å². The predicted octanol–water partition coefficient (Wildman–Crippen LogP) is 7.30. The molecule has 35 heavy (non-hydrogen) atoms. The monoisotopic (exact) mass is 531 g/mol. The van der Waals surface area contributed by atoms with E-state index in [1.165, 1.54) is 0 Å². The summed E-state index contributed by atoms with van der Waals surface area (Å²) in [6.45, 7) is 8.81. The summed E-state index contributed by atoms with van der Waals surface area (Å²) < 4.78 is 6.79. The first-order chi connectivity index (χ1) is 16.6. The quantitative estimate of drug-likeness (QED) is 0.337. The van der Waals surface area contributed by atoms with Crippen molar-refractivity contribution in [3.63, 3.8) is 0 Å². The third-order valence-corrected chi connectivity index (χ3v) is 6.95. The molecule has 6 heteroatoms. The predicted molar refractivity (Wildman–Crippen MR) is 142 cm³/mol. The minimum Gasteiger partial charge on any atom is -0.455 e. The van der Waals surface area contributed by atoms with Crippen molar-refractivity contribution in [2.75, 3.05) is 0 Å². The van der Waals surface area contributed by atoms with Crippen molar-refractivity contribution in [3.05, 3.63) is 76.5 Å². The molecule has 0 saturated carbocycles. The number of ether oxygens (including phenoxy) is 1. The van der Waals surface area contributed by atoms with Crippen LogP contribution in [0, 0.1) is 17.2 Å². The van der Waals surface area contributed by atoms with E-state index in [0.29, 0.717) is 39.4 Å². The summed E-state index contributed by atoms with van der Waals surface area (Å²) in [5, 5.41) is 13.5. The van der Waals surface area contributed by atoms with Crippen LogP contribution in [0.3, 0.4) is 0 Å². The number of hydrogen-bond donors (Lipinski definition) is 1. The minimum atomic E-state index is 0.00771. The Morgan fingerprint density at radius 3 is 2.49 bits per heavy atom. The van der Waals surface area contributed by atoms with Crippen LogP contribution in [0.4, 0.5) is 0 Å². The summed E-state index contributed by atoms with van der Waals surface area (Å²) >= 11 is 3.56. The smallest absolute Gasteiger partial charge is 0.163 e. The summed E-state index contributed by atoms with van der Waals surface area (Å²) in [5.74, 6) is 1.46. The number of piperidine rings is 1. The Morgan fingerprint density at radius 1 is 1.11 bits per heavy atom. The van der Waals surface area contributed by atoms with Crippen molar-refractivity contribution >= 4 is 21.7 Å². The van der Waals surface area contributed by atoms with Crippen LogP contribution in [0.2, 0.25) is 0 Å². The second kappa shape index (κ2) is 9.93. The van der Waals surface area contributed by atoms with Crippen LogP contribution in [0.5, 0.6) is 11.5 Å². The zero-order valence-corrected chi connectivity index (χ0v) is 22.1. The molecule has 0 amide bonds. The van der Waals surface area contributed by atoms with Crippen LogP contribution in [0.15, 0.2) is 65.4 Å². The van der Waals surface area contributed by atoms with Gasteiger partial charge in [0.15, 0.2) is 5.78 Å². The molecule has 1 N–H and O–H groups in total. The molecule has 1 aromatic heterocycles. The zero-order valence-electron chi connectivity index (χ0n) is 20.6. The van der Waals surface area contributed by atoms with Gasteiger partial charge >= 0.3 is 0 Å². The van der Waals surface area contributed by atoms with Crippen molar-refractivity contribution in [2.24, 2.45) is 5.92 Å². The molecule has 3 aromatic rings. The van der Waals surface area contributed by atoms with Crippen LogP contribution >= 0.6 is 15.9 Å². The number of nitriles is 1. The van der Waals surface area contributed by atoms with Crippen molar-refractivity contribution in [3.8, 4) is 28.7 Å². The largest absolute Gasteiger partial charge is 0.455 e. The number of pyridine rings is 1. The van der Waals surface area contributed by atoms with Gasteiger partial charge in [-0.05, 0) is 92.7 Å². The fourth-order valence-corrected chi connectivity index (χ4v) is 5.89. The number of Topliss-reactive ketones (excluding diaryl/α,β-unsaturated/α-hetero) is 1. The lowest BCUT2D eigenvalue weighted by Gasteiger charge is -2.46. The average Bonchev–Trinajstić information content (AvgIpc) is 2.78. The topological polar surface area (TPSA) is 75.0 Å². The highest BCUT2D eigenvalue weighted by molar-refractivity contribution is 9.10. The summed E-state index contributed by atoms with van der Waals surface area (Å²) in [4.78, 5) is 17.3. The van der Waals surface area contributed by atoms with Gasteiger partial charge in [0.05, 0.1) is 4.47 Å². The molecule has 0 aliphatic carbocycles. The molecule has 0 unspecified atom stereocenters. The van der Waals surface area contributed by atoms with E-state index in [9.17, 15) is 10.1 Å². The second-order valence-corrected chi connectivity index (χ2v) is 11.4. The van der Waals surface area contributed by atoms with Crippen LogP contribution in [0.25, 0.3) is 11.1 Å². The van der Waals surface area contributed by atoms with Gasteiger partial charge in [-0.2, -0.15) is 5.26 Å². The molecular formula is C29H30BrN3O2. The Balaban J connectivity index is 1.53. The number of carbonyl (C=O) groups excluding carboxylic acids is 1. The molecule has 2 heterocycles. The molecule has 0 bridgehead atoms. The number of aromatic nitrogens is 1. The third-order valence-electron chi connectivity index (χ3n) is 6.33. The summed E-state index contributed by atoms with van der Waals surface area (Å²) in [6, 6.07) is 16.9. The third kappa shape index (κ3) is 5.98. The number of ketones is 1. The van der Waals surface area contributed by atoms with Gasteiger partial charge in [0.25, 0.3) is 0 Å². The highest BCUT2D eigenvalue weighted by Gasteiger charge is 2.38. The zero-order chi connectivity index (χ0) is 25.2. The summed E-state index contributed by atoms with van der Waals surface area (Å²) in [7, 11) is 0. The molecule has 5 nitrogen and oxygen atoms in total. The fourth-order valence-electron chi connectivity index (χ4n) is 5.43. The van der Waals surface area contributed by atoms with E-state index in [-0.39, 0.29) is 16.9 Å². The Labute approximate surface area is 215 Å². The molecule has 1 fully saturated rings. The number of halogens is 1. The fraction of sp³-hybridized carbons (Fsp3) is 0.345. The normalized spacial score (nSPS) is 16.9. The van der Waals surface area contributed by atoms with E-state index < -0.39 is 0 Å². The van der Waals surface area contributed by atoms with Gasteiger partial charge in [-0.25, -0.2) is 0 Å². The standard InChI is InChI=1S/C29H30BrN3O2/c1-28(2)15-19(16-29(3,4)33-28)13-25(34)20-10-11-27(24(30)14-20)35-26-9-5-8-22(23(26)17-31)21-7-6-12-32-18-21/h5-12,14,18-19,33H,13,15-16H2,1-4H3. The molecular weight excluding hydrogens is 502 g/mol. The molecule has 1 aliphatic rings. The first-order valence-corrected chi connectivity index (χ1v) is 12.6. The Hall–Kier alpha value is -3.01. The molecule has 1 saturated heterocycles. The van der Waals surface area contributed by atoms with Gasteiger partial charge < -0.3 is 10.1 Å². The summed E-state index contributed by atoms with van der Waals surface area (Å²) in [6.07, 6.45) is 5.88. The van der Waals surface area contributed by atoms with Gasteiger partial charge in [-0.3, -0.25) is 9.78 Å². The lowest BCUT2D eigenvalue weighted by Crippen LogP contribution is -2.57. The van der Waals surface area contributed by atoms with Gasteiger partial charge in [0.2, 0.25) is 0 Å². The van der Waals surface area contributed by atoms with Gasteiger partial charge in [-0.15, -0.1) is 0 Å². The van der Waals surface area contributed by atoms with E-state index in [2.05, 4.69) is 60.0 Å². The number of carbonyl (C=O) groups is 1. The molecule has 0 spiro atoms. The highest BCUT2D eigenvalue weighted by atomic mass is 79.9. The maximum Gasteiger partial charge on any atom is 0.163 e. The lowest BCUT2D eigenvalue weighted by atomic mass is 9.74. The molecule has 2 aromatic carbocycles.